The Morgan fingerprint density at radius 3 is 2.10 bits per heavy atom. The van der Waals surface area contributed by atoms with Gasteiger partial charge in [-0.05, 0) is 61.1 Å². The summed E-state index contributed by atoms with van der Waals surface area (Å²) in [5.74, 6) is -0.577. The SMILES string of the molecule is CC(=O)OCCC(CCOC(C)=O)c1ccc(N=Nc2ccc(C)cc2C#N)cc1. The van der Waals surface area contributed by atoms with E-state index in [0.717, 1.165) is 11.1 Å². The molecule has 0 N–H and O–H groups in total. The molecule has 7 nitrogen and oxygen atoms in total. The first-order chi connectivity index (χ1) is 14.4. The molecule has 0 unspecified atom stereocenters. The minimum absolute atomic E-state index is 0.0666. The molecular weight excluding hydrogens is 382 g/mol. The van der Waals surface area contributed by atoms with Gasteiger partial charge in [-0.2, -0.15) is 10.4 Å². The van der Waals surface area contributed by atoms with Crippen LogP contribution in [0.2, 0.25) is 0 Å². The molecular formula is C23H25N3O4. The highest BCUT2D eigenvalue weighted by atomic mass is 16.5. The lowest BCUT2D eigenvalue weighted by Gasteiger charge is -2.17. The number of hydrogen-bond donors (Lipinski definition) is 0. The van der Waals surface area contributed by atoms with Crippen molar-refractivity contribution in [3.8, 4) is 6.07 Å². The van der Waals surface area contributed by atoms with Gasteiger partial charge in [-0.1, -0.05) is 18.2 Å². The van der Waals surface area contributed by atoms with Gasteiger partial charge in [-0.25, -0.2) is 0 Å². The van der Waals surface area contributed by atoms with E-state index < -0.39 is 0 Å². The van der Waals surface area contributed by atoms with Crippen LogP contribution in [0.15, 0.2) is 52.7 Å². The molecule has 0 heterocycles. The molecule has 0 saturated heterocycles. The summed E-state index contributed by atoms with van der Waals surface area (Å²) in [6.07, 6.45) is 1.24. The lowest BCUT2D eigenvalue weighted by atomic mass is 9.93. The molecule has 0 bridgehead atoms. The molecule has 0 spiro atoms. The second-order valence-corrected chi connectivity index (χ2v) is 6.88. The Bertz CT molecular complexity index is 926. The molecule has 0 atom stereocenters. The molecule has 0 aliphatic carbocycles. The van der Waals surface area contributed by atoms with Crippen LogP contribution in [-0.2, 0) is 19.1 Å². The van der Waals surface area contributed by atoms with Gasteiger partial charge in [-0.15, -0.1) is 5.11 Å². The monoisotopic (exact) mass is 407 g/mol. The molecule has 0 saturated carbocycles. The van der Waals surface area contributed by atoms with Crippen molar-refractivity contribution in [3.05, 3.63) is 59.2 Å². The van der Waals surface area contributed by atoms with Crippen molar-refractivity contribution in [3.63, 3.8) is 0 Å². The number of nitrogens with zero attached hydrogens (tertiary/aromatic N) is 3. The molecule has 2 rings (SSSR count). The van der Waals surface area contributed by atoms with E-state index in [9.17, 15) is 14.9 Å². The first-order valence-corrected chi connectivity index (χ1v) is 9.68. The zero-order valence-corrected chi connectivity index (χ0v) is 17.4. The van der Waals surface area contributed by atoms with Gasteiger partial charge in [0.05, 0.1) is 24.5 Å². The third kappa shape index (κ3) is 7.47. The fraction of sp³-hybridized carbons (Fsp3) is 0.348. The zero-order valence-electron chi connectivity index (χ0n) is 17.4. The van der Waals surface area contributed by atoms with Crippen LogP contribution in [0.5, 0.6) is 0 Å². The molecule has 0 fully saturated rings. The van der Waals surface area contributed by atoms with Gasteiger partial charge in [0, 0.05) is 13.8 Å². The van der Waals surface area contributed by atoms with E-state index in [4.69, 9.17) is 9.47 Å². The summed E-state index contributed by atoms with van der Waals surface area (Å²) < 4.78 is 10.1. The van der Waals surface area contributed by atoms with Crippen molar-refractivity contribution >= 4 is 23.3 Å². The number of carbonyl (C=O) groups is 2. The lowest BCUT2D eigenvalue weighted by Crippen LogP contribution is -2.10. The highest BCUT2D eigenvalue weighted by molar-refractivity contribution is 5.66. The van der Waals surface area contributed by atoms with E-state index in [0.29, 0.717) is 43.0 Å². The van der Waals surface area contributed by atoms with Crippen LogP contribution in [0.3, 0.4) is 0 Å². The van der Waals surface area contributed by atoms with Crippen LogP contribution in [-0.4, -0.2) is 25.2 Å². The number of hydrogen-bond acceptors (Lipinski definition) is 7. The molecule has 0 amide bonds. The zero-order chi connectivity index (χ0) is 21.9. The number of esters is 2. The highest BCUT2D eigenvalue weighted by Crippen LogP contribution is 2.27. The van der Waals surface area contributed by atoms with E-state index in [1.165, 1.54) is 13.8 Å². The quantitative estimate of drug-likeness (QED) is 0.416. The van der Waals surface area contributed by atoms with Crippen LogP contribution < -0.4 is 0 Å². The van der Waals surface area contributed by atoms with Gasteiger partial charge in [-0.3, -0.25) is 9.59 Å². The smallest absolute Gasteiger partial charge is 0.302 e. The molecule has 0 aliphatic heterocycles. The number of rotatable bonds is 9. The van der Waals surface area contributed by atoms with Gasteiger partial charge in [0.15, 0.2) is 0 Å². The van der Waals surface area contributed by atoms with Crippen molar-refractivity contribution < 1.29 is 19.1 Å². The van der Waals surface area contributed by atoms with Gasteiger partial charge in [0.25, 0.3) is 0 Å². The third-order valence-corrected chi connectivity index (χ3v) is 4.45. The summed E-state index contributed by atoms with van der Waals surface area (Å²) in [6, 6.07) is 15.1. The number of ether oxygens (including phenoxy) is 2. The Kier molecular flexibility index (Phi) is 8.70. The molecule has 0 aromatic heterocycles. The summed E-state index contributed by atoms with van der Waals surface area (Å²) in [4.78, 5) is 22.1. The van der Waals surface area contributed by atoms with E-state index >= 15 is 0 Å². The Hall–Kier alpha value is -3.53. The lowest BCUT2D eigenvalue weighted by molar-refractivity contribution is -0.141. The van der Waals surface area contributed by atoms with Crippen LogP contribution in [0.1, 0.15) is 49.3 Å². The van der Waals surface area contributed by atoms with Crippen molar-refractivity contribution in [1.82, 2.24) is 0 Å². The molecule has 0 aliphatic rings. The predicted octanol–water partition coefficient (Wildman–Crippen LogP) is 5.27. The van der Waals surface area contributed by atoms with Crippen LogP contribution in [0.4, 0.5) is 11.4 Å². The topological polar surface area (TPSA) is 101 Å². The van der Waals surface area contributed by atoms with Crippen molar-refractivity contribution in [2.24, 2.45) is 10.2 Å². The predicted molar refractivity (Wildman–Crippen MR) is 112 cm³/mol. The number of azo groups is 1. The van der Waals surface area contributed by atoms with Crippen LogP contribution >= 0.6 is 0 Å². The maximum Gasteiger partial charge on any atom is 0.302 e. The number of aryl methyl sites for hydroxylation is 1. The fourth-order valence-electron chi connectivity index (χ4n) is 2.92. The molecule has 0 radical (unpaired) electrons. The van der Waals surface area contributed by atoms with E-state index in [2.05, 4.69) is 16.3 Å². The molecule has 7 heteroatoms. The number of nitriles is 1. The Balaban J connectivity index is 2.09. The van der Waals surface area contributed by atoms with Crippen molar-refractivity contribution in [2.45, 2.75) is 39.5 Å². The van der Waals surface area contributed by atoms with E-state index in [1.807, 2.05) is 37.3 Å². The van der Waals surface area contributed by atoms with Gasteiger partial charge < -0.3 is 9.47 Å². The van der Waals surface area contributed by atoms with E-state index in [-0.39, 0.29) is 17.9 Å². The average Bonchev–Trinajstić information content (AvgIpc) is 2.71. The summed E-state index contributed by atoms with van der Waals surface area (Å²) in [7, 11) is 0. The minimum atomic E-state index is -0.322. The maximum absolute atomic E-state index is 11.0. The molecule has 156 valence electrons. The van der Waals surface area contributed by atoms with E-state index in [1.54, 1.807) is 12.1 Å². The normalized spacial score (nSPS) is 10.8. The second-order valence-electron chi connectivity index (χ2n) is 6.88. The number of carbonyl (C=O) groups excluding carboxylic acids is 2. The summed E-state index contributed by atoms with van der Waals surface area (Å²) in [6.45, 7) is 5.26. The van der Waals surface area contributed by atoms with Gasteiger partial charge >= 0.3 is 11.9 Å². The molecule has 2 aromatic carbocycles. The Labute approximate surface area is 176 Å². The minimum Gasteiger partial charge on any atom is -0.466 e. The summed E-state index contributed by atoms with van der Waals surface area (Å²) >= 11 is 0. The van der Waals surface area contributed by atoms with Gasteiger partial charge in [0.1, 0.15) is 11.8 Å². The average molecular weight is 407 g/mol. The van der Waals surface area contributed by atoms with Crippen LogP contribution in [0.25, 0.3) is 0 Å². The maximum atomic E-state index is 11.0. The van der Waals surface area contributed by atoms with Crippen molar-refractivity contribution in [2.75, 3.05) is 13.2 Å². The van der Waals surface area contributed by atoms with Crippen molar-refractivity contribution in [1.29, 1.82) is 5.26 Å². The Morgan fingerprint density at radius 2 is 1.57 bits per heavy atom. The highest BCUT2D eigenvalue weighted by Gasteiger charge is 2.13. The molecule has 30 heavy (non-hydrogen) atoms. The summed E-state index contributed by atoms with van der Waals surface area (Å²) in [5.41, 5.74) is 3.67. The number of benzene rings is 2. The first kappa shape index (κ1) is 22.8. The Morgan fingerprint density at radius 1 is 0.967 bits per heavy atom. The van der Waals surface area contributed by atoms with Gasteiger partial charge in [0.2, 0.25) is 0 Å². The standard InChI is InChI=1S/C23H25N3O4/c1-16-4-9-23(21(14-16)15-24)26-25-22-7-5-19(6-8-22)20(10-12-29-17(2)27)11-13-30-18(3)28/h4-9,14,20H,10-13H2,1-3H3. The molecule has 2 aromatic rings. The second kappa shape index (κ2) is 11.5. The largest absolute Gasteiger partial charge is 0.466 e. The summed E-state index contributed by atoms with van der Waals surface area (Å²) in [5, 5.41) is 17.6. The first-order valence-electron chi connectivity index (χ1n) is 9.68. The third-order valence-electron chi connectivity index (χ3n) is 4.45. The fourth-order valence-corrected chi connectivity index (χ4v) is 2.92. The van der Waals surface area contributed by atoms with Crippen LogP contribution in [0, 0.1) is 18.3 Å².